The molecule has 27 heavy (non-hydrogen) atoms. The quantitative estimate of drug-likeness (QED) is 0.858. The van der Waals surface area contributed by atoms with Crippen LogP contribution < -0.4 is 10.1 Å². The standard InChI is InChI=1S/C20H26ClN3O3/c1-27-18-7-4-13(21)11-16(18)19(25)23-10-2-3-17(23)20(26)24-14-5-6-15(24)12-22-9-8-14/h4,7,11,14-15,17,22H,2-3,5-6,8-10,12H2,1H3. The molecule has 2 bridgehead atoms. The molecule has 6 nitrogen and oxygen atoms in total. The highest BCUT2D eigenvalue weighted by molar-refractivity contribution is 6.31. The summed E-state index contributed by atoms with van der Waals surface area (Å²) in [6.07, 6.45) is 4.67. The van der Waals surface area contributed by atoms with E-state index in [1.54, 1.807) is 23.1 Å². The number of nitrogens with zero attached hydrogens (tertiary/aromatic N) is 2. The van der Waals surface area contributed by atoms with E-state index in [1.807, 2.05) is 0 Å². The molecule has 7 heteroatoms. The molecule has 1 N–H and O–H groups in total. The van der Waals surface area contributed by atoms with Crippen LogP contribution in [0.2, 0.25) is 5.02 Å². The number of benzene rings is 1. The van der Waals surface area contributed by atoms with E-state index in [2.05, 4.69) is 10.2 Å². The summed E-state index contributed by atoms with van der Waals surface area (Å²) in [5, 5.41) is 3.91. The highest BCUT2D eigenvalue weighted by atomic mass is 35.5. The summed E-state index contributed by atoms with van der Waals surface area (Å²) >= 11 is 6.10. The van der Waals surface area contributed by atoms with Crippen LogP contribution in [0.1, 0.15) is 42.5 Å². The Morgan fingerprint density at radius 1 is 1.19 bits per heavy atom. The van der Waals surface area contributed by atoms with Crippen LogP contribution in [0.5, 0.6) is 5.75 Å². The number of halogens is 1. The first-order chi connectivity index (χ1) is 13.1. The van der Waals surface area contributed by atoms with Crippen molar-refractivity contribution >= 4 is 23.4 Å². The van der Waals surface area contributed by atoms with Crippen LogP contribution in [0.3, 0.4) is 0 Å². The third-order valence-corrected chi connectivity index (χ3v) is 6.33. The molecule has 4 rings (SSSR count). The summed E-state index contributed by atoms with van der Waals surface area (Å²) < 4.78 is 5.34. The second kappa shape index (κ2) is 7.68. The third kappa shape index (κ3) is 3.41. The Hall–Kier alpha value is -1.79. The Bertz CT molecular complexity index is 727. The van der Waals surface area contributed by atoms with E-state index in [0.29, 0.717) is 28.9 Å². The summed E-state index contributed by atoms with van der Waals surface area (Å²) in [5.74, 6) is 0.421. The highest BCUT2D eigenvalue weighted by Gasteiger charge is 2.44. The average Bonchev–Trinajstić information content (AvgIpc) is 3.24. The van der Waals surface area contributed by atoms with Crippen LogP contribution in [-0.4, -0.2) is 66.5 Å². The predicted molar refractivity (Wildman–Crippen MR) is 103 cm³/mol. The van der Waals surface area contributed by atoms with E-state index >= 15 is 0 Å². The van der Waals surface area contributed by atoms with E-state index < -0.39 is 0 Å². The number of hydrogen-bond acceptors (Lipinski definition) is 4. The highest BCUT2D eigenvalue weighted by Crippen LogP contribution is 2.33. The van der Waals surface area contributed by atoms with Gasteiger partial charge in [-0.05, 0) is 56.8 Å². The minimum Gasteiger partial charge on any atom is -0.496 e. The van der Waals surface area contributed by atoms with Gasteiger partial charge in [0.15, 0.2) is 0 Å². The van der Waals surface area contributed by atoms with Crippen LogP contribution in [-0.2, 0) is 4.79 Å². The summed E-state index contributed by atoms with van der Waals surface area (Å²) in [5.41, 5.74) is 0.421. The van der Waals surface area contributed by atoms with Gasteiger partial charge in [0.1, 0.15) is 11.8 Å². The van der Waals surface area contributed by atoms with Crippen LogP contribution in [0.25, 0.3) is 0 Å². The normalized spacial score (nSPS) is 27.6. The Morgan fingerprint density at radius 3 is 2.81 bits per heavy atom. The van der Waals surface area contributed by atoms with Gasteiger partial charge in [-0.1, -0.05) is 11.6 Å². The predicted octanol–water partition coefficient (Wildman–Crippen LogP) is 2.31. The van der Waals surface area contributed by atoms with Gasteiger partial charge in [0.05, 0.1) is 12.7 Å². The fourth-order valence-electron chi connectivity index (χ4n) is 4.78. The lowest BCUT2D eigenvalue weighted by molar-refractivity contribution is -0.137. The summed E-state index contributed by atoms with van der Waals surface area (Å²) in [4.78, 5) is 30.4. The molecule has 3 aliphatic rings. The smallest absolute Gasteiger partial charge is 0.258 e. The molecular formula is C20H26ClN3O3. The second-order valence-corrected chi connectivity index (χ2v) is 8.06. The number of likely N-dealkylation sites (tertiary alicyclic amines) is 1. The first-order valence-corrected chi connectivity index (χ1v) is 10.2. The van der Waals surface area contributed by atoms with Crippen molar-refractivity contribution in [3.05, 3.63) is 28.8 Å². The van der Waals surface area contributed by atoms with Crippen molar-refractivity contribution in [2.24, 2.45) is 0 Å². The molecule has 3 heterocycles. The minimum absolute atomic E-state index is 0.109. The van der Waals surface area contributed by atoms with Gasteiger partial charge in [0, 0.05) is 30.2 Å². The molecule has 3 saturated heterocycles. The van der Waals surface area contributed by atoms with Crippen molar-refractivity contribution in [1.82, 2.24) is 15.1 Å². The van der Waals surface area contributed by atoms with Gasteiger partial charge < -0.3 is 19.9 Å². The number of amides is 2. The third-order valence-electron chi connectivity index (χ3n) is 6.10. The Balaban J connectivity index is 1.58. The summed E-state index contributed by atoms with van der Waals surface area (Å²) in [7, 11) is 1.54. The number of fused-ring (bicyclic) bond motifs is 2. The van der Waals surface area contributed by atoms with Gasteiger partial charge in [0.2, 0.25) is 5.91 Å². The van der Waals surface area contributed by atoms with E-state index in [-0.39, 0.29) is 23.9 Å². The molecule has 0 aliphatic carbocycles. The van der Waals surface area contributed by atoms with Crippen molar-refractivity contribution in [3.63, 3.8) is 0 Å². The van der Waals surface area contributed by atoms with Crippen molar-refractivity contribution in [1.29, 1.82) is 0 Å². The van der Waals surface area contributed by atoms with Crippen LogP contribution in [0.4, 0.5) is 0 Å². The molecule has 1 aromatic carbocycles. The van der Waals surface area contributed by atoms with Gasteiger partial charge in [-0.2, -0.15) is 0 Å². The van der Waals surface area contributed by atoms with Gasteiger partial charge in [-0.25, -0.2) is 0 Å². The van der Waals surface area contributed by atoms with Crippen LogP contribution in [0, 0.1) is 0 Å². The second-order valence-electron chi connectivity index (χ2n) is 7.62. The fourth-order valence-corrected chi connectivity index (χ4v) is 4.95. The maximum atomic E-state index is 13.4. The number of carbonyl (C=O) groups excluding carboxylic acids is 2. The van der Waals surface area contributed by atoms with Crippen molar-refractivity contribution < 1.29 is 14.3 Å². The lowest BCUT2D eigenvalue weighted by Crippen LogP contribution is -2.52. The van der Waals surface area contributed by atoms with Crippen LogP contribution >= 0.6 is 11.6 Å². The maximum Gasteiger partial charge on any atom is 0.258 e. The number of nitrogens with one attached hydrogen (secondary N) is 1. The minimum atomic E-state index is -0.387. The number of rotatable bonds is 3. The number of methoxy groups -OCH3 is 1. The zero-order valence-electron chi connectivity index (χ0n) is 15.6. The lowest BCUT2D eigenvalue weighted by Gasteiger charge is -2.34. The fraction of sp³-hybridized carbons (Fsp3) is 0.600. The zero-order chi connectivity index (χ0) is 19.0. The molecule has 0 aromatic heterocycles. The molecule has 3 unspecified atom stereocenters. The Labute approximate surface area is 164 Å². The van der Waals surface area contributed by atoms with E-state index in [4.69, 9.17) is 16.3 Å². The monoisotopic (exact) mass is 391 g/mol. The molecule has 0 radical (unpaired) electrons. The molecular weight excluding hydrogens is 366 g/mol. The molecule has 146 valence electrons. The largest absolute Gasteiger partial charge is 0.496 e. The first-order valence-electron chi connectivity index (χ1n) is 9.77. The summed E-state index contributed by atoms with van der Waals surface area (Å²) in [6.45, 7) is 2.40. The average molecular weight is 392 g/mol. The molecule has 3 fully saturated rings. The number of ether oxygens (including phenoxy) is 1. The molecule has 3 atom stereocenters. The number of carbonyl (C=O) groups is 2. The summed E-state index contributed by atoms with van der Waals surface area (Å²) in [6, 6.07) is 5.19. The van der Waals surface area contributed by atoms with Gasteiger partial charge in [-0.3, -0.25) is 9.59 Å². The van der Waals surface area contributed by atoms with Crippen molar-refractivity contribution in [3.8, 4) is 5.75 Å². The topological polar surface area (TPSA) is 61.9 Å². The van der Waals surface area contributed by atoms with Crippen LogP contribution in [0.15, 0.2) is 18.2 Å². The van der Waals surface area contributed by atoms with Gasteiger partial charge in [-0.15, -0.1) is 0 Å². The van der Waals surface area contributed by atoms with Crippen molar-refractivity contribution in [2.75, 3.05) is 26.7 Å². The molecule has 0 saturated carbocycles. The maximum absolute atomic E-state index is 13.4. The molecule has 3 aliphatic heterocycles. The van der Waals surface area contributed by atoms with E-state index in [9.17, 15) is 9.59 Å². The SMILES string of the molecule is COc1ccc(Cl)cc1C(=O)N1CCCC1C(=O)N1C2CCNCC1CC2. The zero-order valence-corrected chi connectivity index (χ0v) is 16.4. The molecule has 0 spiro atoms. The Kier molecular flexibility index (Phi) is 5.28. The molecule has 1 aromatic rings. The van der Waals surface area contributed by atoms with E-state index in [0.717, 1.165) is 45.2 Å². The lowest BCUT2D eigenvalue weighted by atomic mass is 10.1. The Morgan fingerprint density at radius 2 is 2.00 bits per heavy atom. The van der Waals surface area contributed by atoms with E-state index in [1.165, 1.54) is 7.11 Å². The van der Waals surface area contributed by atoms with Gasteiger partial charge >= 0.3 is 0 Å². The number of hydrogen-bond donors (Lipinski definition) is 1. The first kappa shape index (κ1) is 18.6. The van der Waals surface area contributed by atoms with Gasteiger partial charge in [0.25, 0.3) is 5.91 Å². The molecule has 2 amide bonds. The van der Waals surface area contributed by atoms with Crippen molar-refractivity contribution in [2.45, 2.75) is 50.2 Å².